The number of halogens is 2. The molecule has 0 fully saturated rings. The van der Waals surface area contributed by atoms with Gasteiger partial charge in [-0.1, -0.05) is 51.1 Å². The predicted molar refractivity (Wildman–Crippen MR) is 62.6 cm³/mol. The smallest absolute Gasteiger partial charge is 0.260 e. The SMILES string of the molecule is CCNC(c1ccccc1)(C(C)C)C(F)F. The summed E-state index contributed by atoms with van der Waals surface area (Å²) in [5.74, 6) is -0.171. The van der Waals surface area contributed by atoms with E-state index in [0.29, 0.717) is 12.1 Å². The van der Waals surface area contributed by atoms with Gasteiger partial charge in [-0.05, 0) is 18.0 Å². The lowest BCUT2D eigenvalue weighted by Gasteiger charge is -2.38. The molecule has 1 rings (SSSR count). The standard InChI is InChI=1S/C13H19F2N/c1-4-16-13(10(2)3,12(14)15)11-8-6-5-7-9-11/h5-10,12,16H,4H2,1-3H3. The minimum atomic E-state index is -2.42. The lowest BCUT2D eigenvalue weighted by molar-refractivity contribution is -0.00116. The first-order valence-corrected chi connectivity index (χ1v) is 5.64. The molecule has 1 nitrogen and oxygen atoms in total. The van der Waals surface area contributed by atoms with Crippen LogP contribution >= 0.6 is 0 Å². The maximum absolute atomic E-state index is 13.4. The third kappa shape index (κ3) is 2.24. The van der Waals surface area contributed by atoms with Crippen molar-refractivity contribution in [1.29, 1.82) is 0 Å². The summed E-state index contributed by atoms with van der Waals surface area (Å²) in [4.78, 5) is 0. The normalized spacial score (nSPS) is 15.4. The summed E-state index contributed by atoms with van der Waals surface area (Å²) in [6.45, 7) is 6.02. The van der Waals surface area contributed by atoms with E-state index in [-0.39, 0.29) is 5.92 Å². The molecule has 0 spiro atoms. The lowest BCUT2D eigenvalue weighted by Crippen LogP contribution is -2.52. The summed E-state index contributed by atoms with van der Waals surface area (Å²) in [6, 6.07) is 8.95. The number of benzene rings is 1. The van der Waals surface area contributed by atoms with E-state index in [9.17, 15) is 8.78 Å². The summed E-state index contributed by atoms with van der Waals surface area (Å²) >= 11 is 0. The van der Waals surface area contributed by atoms with Gasteiger partial charge in [-0.3, -0.25) is 0 Å². The van der Waals surface area contributed by atoms with Gasteiger partial charge in [0.2, 0.25) is 0 Å². The van der Waals surface area contributed by atoms with Crippen LogP contribution in [0.2, 0.25) is 0 Å². The van der Waals surface area contributed by atoms with Gasteiger partial charge in [0, 0.05) is 0 Å². The van der Waals surface area contributed by atoms with Crippen molar-refractivity contribution in [3.63, 3.8) is 0 Å². The third-order valence-electron chi connectivity index (χ3n) is 2.98. The van der Waals surface area contributed by atoms with Crippen LogP contribution in [0.3, 0.4) is 0 Å². The molecule has 1 aromatic carbocycles. The van der Waals surface area contributed by atoms with Gasteiger partial charge < -0.3 is 5.32 Å². The molecule has 0 aliphatic rings. The molecular formula is C13H19F2N. The molecule has 90 valence electrons. The van der Waals surface area contributed by atoms with Crippen molar-refractivity contribution >= 4 is 0 Å². The molecule has 0 bridgehead atoms. The van der Waals surface area contributed by atoms with Gasteiger partial charge in [0.25, 0.3) is 6.43 Å². The lowest BCUT2D eigenvalue weighted by atomic mass is 9.80. The van der Waals surface area contributed by atoms with Gasteiger partial charge in [0.15, 0.2) is 0 Å². The Morgan fingerprint density at radius 3 is 2.12 bits per heavy atom. The topological polar surface area (TPSA) is 12.0 Å². The predicted octanol–water partition coefficient (Wildman–Crippen LogP) is 3.41. The fourth-order valence-electron chi connectivity index (χ4n) is 2.10. The highest BCUT2D eigenvalue weighted by Crippen LogP contribution is 2.35. The van der Waals surface area contributed by atoms with Crippen LogP contribution in [0.5, 0.6) is 0 Å². The molecule has 1 unspecified atom stereocenters. The van der Waals surface area contributed by atoms with Crippen molar-refractivity contribution in [2.24, 2.45) is 5.92 Å². The summed E-state index contributed by atoms with van der Waals surface area (Å²) in [6.07, 6.45) is -2.42. The van der Waals surface area contributed by atoms with Crippen molar-refractivity contribution in [2.45, 2.75) is 32.7 Å². The zero-order valence-electron chi connectivity index (χ0n) is 10.0. The Labute approximate surface area is 95.9 Å². The van der Waals surface area contributed by atoms with Crippen LogP contribution in [0, 0.1) is 5.92 Å². The van der Waals surface area contributed by atoms with E-state index < -0.39 is 12.0 Å². The molecule has 0 aliphatic heterocycles. The second-order valence-corrected chi connectivity index (χ2v) is 4.22. The van der Waals surface area contributed by atoms with Crippen molar-refractivity contribution in [3.05, 3.63) is 35.9 Å². The molecule has 1 aromatic rings. The van der Waals surface area contributed by atoms with Crippen molar-refractivity contribution in [3.8, 4) is 0 Å². The van der Waals surface area contributed by atoms with Gasteiger partial charge in [0.1, 0.15) is 5.54 Å². The Kier molecular flexibility index (Phi) is 4.42. The van der Waals surface area contributed by atoms with Gasteiger partial charge in [0.05, 0.1) is 0 Å². The zero-order valence-corrected chi connectivity index (χ0v) is 10.0. The largest absolute Gasteiger partial charge is 0.303 e. The highest BCUT2D eigenvalue weighted by molar-refractivity contribution is 5.26. The second kappa shape index (κ2) is 5.39. The molecular weight excluding hydrogens is 208 g/mol. The van der Waals surface area contributed by atoms with Crippen LogP contribution < -0.4 is 5.32 Å². The first-order chi connectivity index (χ1) is 7.55. The first-order valence-electron chi connectivity index (χ1n) is 5.64. The average Bonchev–Trinajstić information content (AvgIpc) is 2.26. The monoisotopic (exact) mass is 227 g/mol. The van der Waals surface area contributed by atoms with Gasteiger partial charge >= 0.3 is 0 Å². The summed E-state index contributed by atoms with van der Waals surface area (Å²) in [7, 11) is 0. The molecule has 0 saturated heterocycles. The minimum Gasteiger partial charge on any atom is -0.303 e. The zero-order chi connectivity index (χ0) is 12.2. The number of alkyl halides is 2. The van der Waals surface area contributed by atoms with Crippen LogP contribution in [-0.2, 0) is 5.54 Å². The molecule has 0 radical (unpaired) electrons. The first kappa shape index (κ1) is 13.1. The van der Waals surface area contributed by atoms with Gasteiger partial charge in [-0.25, -0.2) is 8.78 Å². The summed E-state index contributed by atoms with van der Waals surface area (Å²) < 4.78 is 26.8. The maximum Gasteiger partial charge on any atom is 0.260 e. The average molecular weight is 227 g/mol. The fourth-order valence-corrected chi connectivity index (χ4v) is 2.10. The number of hydrogen-bond donors (Lipinski definition) is 1. The van der Waals surface area contributed by atoms with E-state index in [1.54, 1.807) is 24.3 Å². The summed E-state index contributed by atoms with van der Waals surface area (Å²) in [5, 5.41) is 2.96. The van der Waals surface area contributed by atoms with Gasteiger partial charge in [-0.2, -0.15) is 0 Å². The molecule has 0 saturated carbocycles. The Morgan fingerprint density at radius 1 is 1.19 bits per heavy atom. The number of hydrogen-bond acceptors (Lipinski definition) is 1. The van der Waals surface area contributed by atoms with E-state index in [4.69, 9.17) is 0 Å². The third-order valence-corrected chi connectivity index (χ3v) is 2.98. The Balaban J connectivity index is 3.21. The van der Waals surface area contributed by atoms with E-state index >= 15 is 0 Å². The Bertz CT molecular complexity index is 301. The molecule has 0 aromatic heterocycles. The van der Waals surface area contributed by atoms with Crippen LogP contribution in [0.1, 0.15) is 26.3 Å². The van der Waals surface area contributed by atoms with Crippen LogP contribution in [-0.4, -0.2) is 13.0 Å². The molecule has 16 heavy (non-hydrogen) atoms. The molecule has 0 aliphatic carbocycles. The molecule has 0 amide bonds. The molecule has 1 N–H and O–H groups in total. The molecule has 0 heterocycles. The Morgan fingerprint density at radius 2 is 1.75 bits per heavy atom. The van der Waals surface area contributed by atoms with Crippen molar-refractivity contribution in [1.82, 2.24) is 5.32 Å². The fraction of sp³-hybridized carbons (Fsp3) is 0.538. The highest BCUT2D eigenvalue weighted by Gasteiger charge is 2.43. The van der Waals surface area contributed by atoms with Crippen LogP contribution in [0.4, 0.5) is 8.78 Å². The second-order valence-electron chi connectivity index (χ2n) is 4.22. The quantitative estimate of drug-likeness (QED) is 0.812. The highest BCUT2D eigenvalue weighted by atomic mass is 19.3. The Hall–Kier alpha value is -0.960. The van der Waals surface area contributed by atoms with E-state index in [0.717, 1.165) is 0 Å². The van der Waals surface area contributed by atoms with E-state index in [2.05, 4.69) is 5.32 Å². The molecule has 1 atom stereocenters. The van der Waals surface area contributed by atoms with Crippen molar-refractivity contribution < 1.29 is 8.78 Å². The van der Waals surface area contributed by atoms with Crippen molar-refractivity contribution in [2.75, 3.05) is 6.54 Å². The van der Waals surface area contributed by atoms with Crippen LogP contribution in [0.25, 0.3) is 0 Å². The maximum atomic E-state index is 13.4. The van der Waals surface area contributed by atoms with E-state index in [1.165, 1.54) is 0 Å². The number of rotatable bonds is 5. The number of nitrogens with one attached hydrogen (secondary N) is 1. The van der Waals surface area contributed by atoms with Gasteiger partial charge in [-0.15, -0.1) is 0 Å². The summed E-state index contributed by atoms with van der Waals surface area (Å²) in [5.41, 5.74) is -0.586. The molecule has 3 heteroatoms. The minimum absolute atomic E-state index is 0.171. The van der Waals surface area contributed by atoms with Crippen LogP contribution in [0.15, 0.2) is 30.3 Å². The van der Waals surface area contributed by atoms with E-state index in [1.807, 2.05) is 26.8 Å².